The van der Waals surface area contributed by atoms with Gasteiger partial charge in [-0.05, 0) is 89.4 Å². The Morgan fingerprint density at radius 2 is 1.31 bits per heavy atom. The maximum atomic E-state index is 4.82. The van der Waals surface area contributed by atoms with Crippen molar-refractivity contribution in [3.63, 3.8) is 0 Å². The lowest BCUT2D eigenvalue weighted by Gasteiger charge is -2.17. The summed E-state index contributed by atoms with van der Waals surface area (Å²) in [5.41, 5.74) is 12.3. The Morgan fingerprint density at radius 3 is 2.24 bits per heavy atom. The van der Waals surface area contributed by atoms with Gasteiger partial charge in [0.2, 0.25) is 0 Å². The van der Waals surface area contributed by atoms with Crippen molar-refractivity contribution >= 4 is 55.3 Å². The van der Waals surface area contributed by atoms with E-state index in [9.17, 15) is 0 Å². The Bertz CT molecular complexity index is 2350. The van der Waals surface area contributed by atoms with Gasteiger partial charge in [0.05, 0.1) is 27.8 Å². The van der Waals surface area contributed by atoms with Crippen LogP contribution < -0.4 is 0 Å². The number of fused-ring (bicyclic) bond motifs is 7. The van der Waals surface area contributed by atoms with Gasteiger partial charge < -0.3 is 9.13 Å². The number of aromatic nitrogens is 3. The first-order valence-corrected chi connectivity index (χ1v) is 14.6. The molecule has 3 aromatic heterocycles. The summed E-state index contributed by atoms with van der Waals surface area (Å²) in [4.78, 5) is 4.82. The Hall–Kier alpha value is -5.41. The molecular formula is C39H27N3. The fourth-order valence-electron chi connectivity index (χ4n) is 6.94. The zero-order valence-electron chi connectivity index (χ0n) is 23.0. The topological polar surface area (TPSA) is 22.8 Å². The quantitative estimate of drug-likeness (QED) is 0.220. The van der Waals surface area contributed by atoms with Crippen molar-refractivity contribution in [2.24, 2.45) is 0 Å². The number of rotatable bonds is 3. The first-order chi connectivity index (χ1) is 20.8. The molecule has 9 rings (SSSR count). The second-order valence-corrected chi connectivity index (χ2v) is 11.2. The van der Waals surface area contributed by atoms with Gasteiger partial charge in [0.1, 0.15) is 0 Å². The standard InChI is InChI=1S/C39H27N3/c1-2-11-30(12-3-1)41-36-15-8-22-40-39(36)34-21-18-29(25-38(34)41)28-17-20-33-32-13-6-7-14-35(32)42(37(33)24-28)31-19-16-26-9-4-5-10-27(26)23-31/h1-17,19-20,22-25H,18,21H2. The van der Waals surface area contributed by atoms with Crippen molar-refractivity contribution in [3.05, 3.63) is 150 Å². The number of nitrogens with zero attached hydrogens (tertiary/aromatic N) is 3. The van der Waals surface area contributed by atoms with E-state index in [0.29, 0.717) is 0 Å². The molecule has 0 amide bonds. The minimum Gasteiger partial charge on any atom is -0.309 e. The van der Waals surface area contributed by atoms with Crippen molar-refractivity contribution in [2.75, 3.05) is 0 Å². The second-order valence-electron chi connectivity index (χ2n) is 11.2. The van der Waals surface area contributed by atoms with E-state index < -0.39 is 0 Å². The van der Waals surface area contributed by atoms with Gasteiger partial charge in [-0.2, -0.15) is 0 Å². The van der Waals surface area contributed by atoms with Gasteiger partial charge >= 0.3 is 0 Å². The molecule has 0 bridgehead atoms. The highest BCUT2D eigenvalue weighted by Crippen LogP contribution is 2.40. The van der Waals surface area contributed by atoms with Crippen LogP contribution in [0.1, 0.15) is 23.2 Å². The molecule has 42 heavy (non-hydrogen) atoms. The molecule has 3 heterocycles. The Balaban J connectivity index is 1.27. The molecule has 0 spiro atoms. The molecule has 0 unspecified atom stereocenters. The monoisotopic (exact) mass is 537 g/mol. The molecule has 1 aliphatic rings. The van der Waals surface area contributed by atoms with Gasteiger partial charge in [-0.3, -0.25) is 4.98 Å². The van der Waals surface area contributed by atoms with Crippen LogP contribution in [0.4, 0.5) is 0 Å². The Labute approximate surface area is 243 Å². The highest BCUT2D eigenvalue weighted by molar-refractivity contribution is 6.10. The van der Waals surface area contributed by atoms with Crippen LogP contribution >= 0.6 is 0 Å². The lowest BCUT2D eigenvalue weighted by atomic mass is 9.91. The highest BCUT2D eigenvalue weighted by atomic mass is 15.0. The third-order valence-electron chi connectivity index (χ3n) is 8.87. The van der Waals surface area contributed by atoms with Crippen LogP contribution in [-0.4, -0.2) is 14.1 Å². The maximum absolute atomic E-state index is 4.82. The van der Waals surface area contributed by atoms with Crippen LogP contribution in [0.2, 0.25) is 0 Å². The first-order valence-electron chi connectivity index (χ1n) is 14.6. The fourth-order valence-corrected chi connectivity index (χ4v) is 6.94. The van der Waals surface area contributed by atoms with Crippen molar-refractivity contribution in [3.8, 4) is 11.4 Å². The third kappa shape index (κ3) is 3.44. The van der Waals surface area contributed by atoms with Gasteiger partial charge in [0, 0.05) is 33.9 Å². The molecule has 0 N–H and O–H groups in total. The molecule has 3 nitrogen and oxygen atoms in total. The van der Waals surface area contributed by atoms with Gasteiger partial charge in [-0.25, -0.2) is 0 Å². The number of para-hydroxylation sites is 2. The van der Waals surface area contributed by atoms with E-state index in [0.717, 1.165) is 23.9 Å². The molecule has 0 aliphatic heterocycles. The van der Waals surface area contributed by atoms with E-state index in [1.54, 1.807) is 0 Å². The second kappa shape index (κ2) is 9.05. The summed E-state index contributed by atoms with van der Waals surface area (Å²) in [5.74, 6) is 0. The molecule has 0 radical (unpaired) electrons. The molecular weight excluding hydrogens is 510 g/mol. The average Bonchev–Trinajstić information content (AvgIpc) is 3.57. The normalized spacial score (nSPS) is 13.2. The van der Waals surface area contributed by atoms with Crippen LogP contribution in [-0.2, 0) is 6.42 Å². The summed E-state index contributed by atoms with van der Waals surface area (Å²) in [6.07, 6.45) is 6.27. The first kappa shape index (κ1) is 23.3. The molecule has 0 fully saturated rings. The number of hydrogen-bond donors (Lipinski definition) is 0. The van der Waals surface area contributed by atoms with E-state index in [1.165, 1.54) is 66.3 Å². The predicted octanol–water partition coefficient (Wildman–Crippen LogP) is 9.76. The summed E-state index contributed by atoms with van der Waals surface area (Å²) < 4.78 is 4.81. The maximum Gasteiger partial charge on any atom is 0.0923 e. The summed E-state index contributed by atoms with van der Waals surface area (Å²) in [7, 11) is 0. The Morgan fingerprint density at radius 1 is 0.524 bits per heavy atom. The number of aryl methyl sites for hydroxylation is 1. The zero-order valence-corrected chi connectivity index (χ0v) is 23.0. The fraction of sp³-hybridized carbons (Fsp3) is 0.0513. The van der Waals surface area contributed by atoms with Gasteiger partial charge in [-0.15, -0.1) is 0 Å². The predicted molar refractivity (Wildman–Crippen MR) is 176 cm³/mol. The smallest absolute Gasteiger partial charge is 0.0923 e. The molecule has 0 saturated carbocycles. The number of allylic oxidation sites excluding steroid dienone is 1. The van der Waals surface area contributed by atoms with Crippen LogP contribution in [0.15, 0.2) is 134 Å². The molecule has 198 valence electrons. The average molecular weight is 538 g/mol. The van der Waals surface area contributed by atoms with Crippen LogP contribution in [0, 0.1) is 0 Å². The lowest BCUT2D eigenvalue weighted by Crippen LogP contribution is -2.03. The SMILES string of the molecule is C1=C(c2ccc3c4ccccc4n(-c4ccc5ccccc5c4)c3c2)CCc2c1n(-c1ccccc1)c1cccnc21. The highest BCUT2D eigenvalue weighted by Gasteiger charge is 2.23. The molecule has 0 saturated heterocycles. The van der Waals surface area contributed by atoms with E-state index in [2.05, 4.69) is 137 Å². The number of benzene rings is 5. The van der Waals surface area contributed by atoms with Crippen LogP contribution in [0.25, 0.3) is 66.6 Å². The molecule has 3 heteroatoms. The minimum atomic E-state index is 0.972. The van der Waals surface area contributed by atoms with Crippen molar-refractivity contribution in [2.45, 2.75) is 12.8 Å². The van der Waals surface area contributed by atoms with Crippen LogP contribution in [0.3, 0.4) is 0 Å². The molecule has 8 aromatic rings. The third-order valence-corrected chi connectivity index (χ3v) is 8.87. The van der Waals surface area contributed by atoms with Crippen molar-refractivity contribution in [1.29, 1.82) is 0 Å². The summed E-state index contributed by atoms with van der Waals surface area (Å²) in [6, 6.07) is 46.1. The lowest BCUT2D eigenvalue weighted by molar-refractivity contribution is 0.979. The van der Waals surface area contributed by atoms with E-state index in [1.807, 2.05) is 12.3 Å². The van der Waals surface area contributed by atoms with E-state index >= 15 is 0 Å². The molecule has 1 aliphatic carbocycles. The number of hydrogen-bond acceptors (Lipinski definition) is 1. The number of pyridine rings is 1. The summed E-state index contributed by atoms with van der Waals surface area (Å²) in [6.45, 7) is 0. The molecule has 0 atom stereocenters. The van der Waals surface area contributed by atoms with Gasteiger partial charge in [0.25, 0.3) is 0 Å². The van der Waals surface area contributed by atoms with Gasteiger partial charge in [-0.1, -0.05) is 78.9 Å². The van der Waals surface area contributed by atoms with Crippen LogP contribution in [0.5, 0.6) is 0 Å². The zero-order chi connectivity index (χ0) is 27.6. The molecule has 5 aromatic carbocycles. The summed E-state index contributed by atoms with van der Waals surface area (Å²) in [5, 5.41) is 5.07. The van der Waals surface area contributed by atoms with E-state index in [4.69, 9.17) is 4.98 Å². The van der Waals surface area contributed by atoms with E-state index in [-0.39, 0.29) is 0 Å². The minimum absolute atomic E-state index is 0.972. The van der Waals surface area contributed by atoms with Crippen molar-refractivity contribution < 1.29 is 0 Å². The summed E-state index contributed by atoms with van der Waals surface area (Å²) >= 11 is 0. The Kier molecular flexibility index (Phi) is 5.02. The largest absolute Gasteiger partial charge is 0.309 e. The van der Waals surface area contributed by atoms with Gasteiger partial charge in [0.15, 0.2) is 0 Å². The van der Waals surface area contributed by atoms with Crippen molar-refractivity contribution in [1.82, 2.24) is 14.1 Å².